The first kappa shape index (κ1) is 23.6. The molecule has 11 nitrogen and oxygen atoms in total. The van der Waals surface area contributed by atoms with Crippen molar-refractivity contribution in [1.29, 1.82) is 0 Å². The van der Waals surface area contributed by atoms with Gasteiger partial charge >= 0.3 is 6.09 Å². The molecule has 0 aliphatic heterocycles. The lowest BCUT2D eigenvalue weighted by Gasteiger charge is -2.19. The van der Waals surface area contributed by atoms with Gasteiger partial charge in [-0.05, 0) is 50.3 Å². The maximum absolute atomic E-state index is 15.3. The molecule has 3 N–H and O–H groups in total. The van der Waals surface area contributed by atoms with Gasteiger partial charge in [-0.15, -0.1) is 0 Å². The Labute approximate surface area is 222 Å². The minimum Gasteiger partial charge on any atom is -0.443 e. The zero-order valence-electron chi connectivity index (χ0n) is 21.6. The van der Waals surface area contributed by atoms with Crippen LogP contribution in [0.2, 0.25) is 0 Å². The Kier molecular flexibility index (Phi) is 5.32. The molecule has 3 atom stereocenters. The van der Waals surface area contributed by atoms with E-state index in [1.807, 2.05) is 43.2 Å². The van der Waals surface area contributed by atoms with E-state index in [1.165, 1.54) is 0 Å². The van der Waals surface area contributed by atoms with E-state index in [2.05, 4.69) is 42.1 Å². The normalized spacial score (nSPS) is 21.9. The summed E-state index contributed by atoms with van der Waals surface area (Å²) < 4.78 is 24.3. The third-order valence-electron chi connectivity index (χ3n) is 7.90. The second kappa shape index (κ2) is 8.79. The summed E-state index contributed by atoms with van der Waals surface area (Å²) >= 11 is 0. The number of aromatic amines is 1. The lowest BCUT2D eigenvalue weighted by Crippen LogP contribution is -2.38. The number of amides is 1. The number of fused-ring (bicyclic) bond motifs is 2. The van der Waals surface area contributed by atoms with E-state index in [0.717, 1.165) is 40.4 Å². The number of carbonyl (C=O) groups is 1. The fourth-order valence-corrected chi connectivity index (χ4v) is 5.39. The number of hydrogen-bond donors (Lipinski definition) is 3. The smallest absolute Gasteiger partial charge is 0.407 e. The summed E-state index contributed by atoms with van der Waals surface area (Å²) in [4.78, 5) is 16.7. The zero-order chi connectivity index (χ0) is 26.7. The van der Waals surface area contributed by atoms with Crippen molar-refractivity contribution in [2.75, 3.05) is 5.32 Å². The molecule has 4 heterocycles. The topological polar surface area (TPSA) is 127 Å². The van der Waals surface area contributed by atoms with Crippen molar-refractivity contribution in [3.63, 3.8) is 0 Å². The van der Waals surface area contributed by atoms with Crippen LogP contribution in [-0.4, -0.2) is 58.5 Å². The van der Waals surface area contributed by atoms with Crippen molar-refractivity contribution < 1.29 is 13.9 Å². The molecule has 1 amide bonds. The molecule has 2 aliphatic carbocycles. The predicted molar refractivity (Wildman–Crippen MR) is 142 cm³/mol. The van der Waals surface area contributed by atoms with Crippen LogP contribution in [0.4, 0.5) is 20.8 Å². The Morgan fingerprint density at radius 2 is 2.08 bits per heavy atom. The highest BCUT2D eigenvalue weighted by molar-refractivity contribution is 5.93. The standard InChI is InChI=1S/C27H28FN9O2/c1-27(7-8-27)33-26(38)39-21-6-4-17(23(21)28)19-12-22(35-34-19)32-25-24-18(14-31-37(24)10-9-29-25)15-3-5-20-16(11-15)13-30-36(20)2/h3,5,9-14,17,21,23H,4,6-8H2,1-2H3,(H,33,38)(H2,29,32,34,35)/t17-,21-,23-/m1/s1. The van der Waals surface area contributed by atoms with Gasteiger partial charge in [0.25, 0.3) is 0 Å². The number of alkyl halides is 1. The number of H-pyrrole nitrogens is 1. The first-order chi connectivity index (χ1) is 18.9. The van der Waals surface area contributed by atoms with Gasteiger partial charge in [0.1, 0.15) is 17.8 Å². The highest BCUT2D eigenvalue weighted by atomic mass is 19.1. The van der Waals surface area contributed by atoms with E-state index in [9.17, 15) is 4.79 Å². The number of rotatable bonds is 6. The summed E-state index contributed by atoms with van der Waals surface area (Å²) in [7, 11) is 1.91. The Morgan fingerprint density at radius 3 is 2.92 bits per heavy atom. The van der Waals surface area contributed by atoms with E-state index >= 15 is 4.39 Å². The molecular weight excluding hydrogens is 501 g/mol. The van der Waals surface area contributed by atoms with Crippen LogP contribution in [0.5, 0.6) is 0 Å². The summed E-state index contributed by atoms with van der Waals surface area (Å²) in [5, 5.41) is 23.3. The summed E-state index contributed by atoms with van der Waals surface area (Å²) in [6, 6.07) is 7.93. The third-order valence-corrected chi connectivity index (χ3v) is 7.90. The summed E-state index contributed by atoms with van der Waals surface area (Å²) in [6.45, 7) is 1.96. The van der Waals surface area contributed by atoms with Crippen LogP contribution < -0.4 is 10.6 Å². The molecule has 5 aromatic rings. The number of nitrogens with zero attached hydrogens (tertiary/aromatic N) is 6. The number of ether oxygens (including phenoxy) is 1. The number of halogens is 1. The highest BCUT2D eigenvalue weighted by Gasteiger charge is 2.43. The molecule has 39 heavy (non-hydrogen) atoms. The van der Waals surface area contributed by atoms with Crippen molar-refractivity contribution in [3.8, 4) is 11.1 Å². The van der Waals surface area contributed by atoms with Crippen LogP contribution in [0.3, 0.4) is 0 Å². The molecule has 0 bridgehead atoms. The number of hydrogen-bond acceptors (Lipinski definition) is 7. The van der Waals surface area contributed by atoms with E-state index in [0.29, 0.717) is 30.2 Å². The van der Waals surface area contributed by atoms with Gasteiger partial charge in [-0.3, -0.25) is 9.78 Å². The molecule has 4 aromatic heterocycles. The Balaban J connectivity index is 1.11. The molecule has 0 radical (unpaired) electrons. The first-order valence-electron chi connectivity index (χ1n) is 13.1. The summed E-state index contributed by atoms with van der Waals surface area (Å²) in [6.07, 6.45) is 7.29. The van der Waals surface area contributed by atoms with Gasteiger partial charge in [0.2, 0.25) is 0 Å². The van der Waals surface area contributed by atoms with Crippen molar-refractivity contribution in [2.24, 2.45) is 7.05 Å². The van der Waals surface area contributed by atoms with Crippen LogP contribution in [0.15, 0.2) is 49.1 Å². The minimum atomic E-state index is -1.32. The largest absolute Gasteiger partial charge is 0.443 e. The zero-order valence-corrected chi connectivity index (χ0v) is 21.6. The van der Waals surface area contributed by atoms with Crippen LogP contribution in [0.1, 0.15) is 44.2 Å². The second-order valence-corrected chi connectivity index (χ2v) is 10.8. The highest BCUT2D eigenvalue weighted by Crippen LogP contribution is 2.40. The molecule has 7 rings (SSSR count). The predicted octanol–water partition coefficient (Wildman–Crippen LogP) is 4.61. The lowest BCUT2D eigenvalue weighted by molar-refractivity contribution is 0.0546. The van der Waals surface area contributed by atoms with E-state index < -0.39 is 24.3 Å². The first-order valence-corrected chi connectivity index (χ1v) is 13.1. The molecule has 0 saturated heterocycles. The van der Waals surface area contributed by atoms with E-state index in [1.54, 1.807) is 23.0 Å². The Bertz CT molecular complexity index is 1700. The molecular formula is C27H28FN9O2. The van der Waals surface area contributed by atoms with Crippen LogP contribution in [0, 0.1) is 0 Å². The fraction of sp³-hybridized carbons (Fsp3) is 0.370. The molecule has 200 valence electrons. The number of aromatic nitrogens is 7. The number of carbonyl (C=O) groups excluding carboxylic acids is 1. The maximum Gasteiger partial charge on any atom is 0.407 e. The Hall–Kier alpha value is -4.48. The molecule has 2 aliphatic rings. The number of aryl methyl sites for hydroxylation is 1. The van der Waals surface area contributed by atoms with Gasteiger partial charge in [0.05, 0.1) is 17.9 Å². The van der Waals surface area contributed by atoms with Crippen molar-refractivity contribution in [3.05, 3.63) is 54.7 Å². The third kappa shape index (κ3) is 4.25. The van der Waals surface area contributed by atoms with Crippen LogP contribution >= 0.6 is 0 Å². The van der Waals surface area contributed by atoms with Gasteiger partial charge < -0.3 is 15.4 Å². The summed E-state index contributed by atoms with van der Waals surface area (Å²) in [5.74, 6) is 0.642. The number of alkyl carbamates (subject to hydrolysis) is 1. The van der Waals surface area contributed by atoms with Gasteiger partial charge in [-0.2, -0.15) is 15.3 Å². The molecule has 2 saturated carbocycles. The average molecular weight is 530 g/mol. The minimum absolute atomic E-state index is 0.206. The quantitative estimate of drug-likeness (QED) is 0.293. The number of anilines is 2. The lowest BCUT2D eigenvalue weighted by atomic mass is 10.0. The number of nitrogens with one attached hydrogen (secondary N) is 3. The fourth-order valence-electron chi connectivity index (χ4n) is 5.39. The molecule has 2 fully saturated rings. The molecule has 12 heteroatoms. The van der Waals surface area contributed by atoms with Gasteiger partial charge in [0.15, 0.2) is 11.6 Å². The van der Waals surface area contributed by atoms with E-state index in [4.69, 9.17) is 4.74 Å². The second-order valence-electron chi connectivity index (χ2n) is 10.8. The van der Waals surface area contributed by atoms with Gasteiger partial charge in [0, 0.05) is 53.6 Å². The van der Waals surface area contributed by atoms with Crippen molar-refractivity contribution in [2.45, 2.75) is 56.3 Å². The van der Waals surface area contributed by atoms with E-state index in [-0.39, 0.29) is 5.54 Å². The van der Waals surface area contributed by atoms with Gasteiger partial charge in [-0.25, -0.2) is 18.7 Å². The summed E-state index contributed by atoms with van der Waals surface area (Å²) in [5.41, 5.74) is 4.17. The maximum atomic E-state index is 15.3. The average Bonchev–Trinajstić information content (AvgIpc) is 3.37. The monoisotopic (exact) mass is 529 g/mol. The SMILES string of the molecule is Cn1ncc2cc(-c3cnn4ccnc(Nc5cc([C@H]6CC[C@@H](OC(=O)NC7(C)CC7)[C@@H]6F)[nH]n5)c34)ccc21. The molecule has 0 spiro atoms. The molecule has 0 unspecified atom stereocenters. The van der Waals surface area contributed by atoms with Crippen LogP contribution in [0.25, 0.3) is 27.5 Å². The number of benzene rings is 1. The van der Waals surface area contributed by atoms with Gasteiger partial charge in [-0.1, -0.05) is 6.07 Å². The molecule has 1 aromatic carbocycles. The Morgan fingerprint density at radius 1 is 1.21 bits per heavy atom. The van der Waals surface area contributed by atoms with Crippen molar-refractivity contribution >= 4 is 34.1 Å². The van der Waals surface area contributed by atoms with Crippen molar-refractivity contribution in [1.82, 2.24) is 39.9 Å². The van der Waals surface area contributed by atoms with Crippen LogP contribution in [-0.2, 0) is 11.8 Å².